The molecule has 0 saturated carbocycles. The third-order valence-corrected chi connectivity index (χ3v) is 6.65. The SMILES string of the molecule is CCOc1ccc(Br)cc1S(=O)(=O)N1Cc2ccccc2C[C@H]1C(=O)O. The molecule has 0 bridgehead atoms. The highest BCUT2D eigenvalue weighted by molar-refractivity contribution is 9.10. The second-order valence-corrected chi connectivity index (χ2v) is 8.68. The summed E-state index contributed by atoms with van der Waals surface area (Å²) >= 11 is 3.28. The number of carboxylic acid groups (broad SMARTS) is 1. The molecule has 8 heteroatoms. The van der Waals surface area contributed by atoms with Crippen molar-refractivity contribution in [2.24, 2.45) is 0 Å². The van der Waals surface area contributed by atoms with Crippen LogP contribution in [0.1, 0.15) is 18.1 Å². The molecular formula is C18H18BrNO5S. The van der Waals surface area contributed by atoms with Crippen molar-refractivity contribution in [1.29, 1.82) is 0 Å². The van der Waals surface area contributed by atoms with Crippen LogP contribution >= 0.6 is 15.9 Å². The number of carbonyl (C=O) groups is 1. The number of benzene rings is 2. The monoisotopic (exact) mass is 439 g/mol. The van der Waals surface area contributed by atoms with Crippen LogP contribution in [-0.2, 0) is 27.8 Å². The van der Waals surface area contributed by atoms with Crippen molar-refractivity contribution in [3.05, 3.63) is 58.1 Å². The van der Waals surface area contributed by atoms with Crippen LogP contribution in [0.4, 0.5) is 0 Å². The first-order valence-corrected chi connectivity index (χ1v) is 10.3. The van der Waals surface area contributed by atoms with Gasteiger partial charge in [0, 0.05) is 17.4 Å². The molecule has 1 aliphatic rings. The highest BCUT2D eigenvalue weighted by Gasteiger charge is 2.40. The van der Waals surface area contributed by atoms with Gasteiger partial charge in [0.25, 0.3) is 0 Å². The molecule has 0 aromatic heterocycles. The fourth-order valence-electron chi connectivity index (χ4n) is 3.05. The van der Waals surface area contributed by atoms with Gasteiger partial charge in [0.15, 0.2) is 0 Å². The first-order chi connectivity index (χ1) is 12.3. The Balaban J connectivity index is 2.11. The number of halogens is 1. The Hall–Kier alpha value is -1.90. The summed E-state index contributed by atoms with van der Waals surface area (Å²) in [7, 11) is -4.08. The lowest BCUT2D eigenvalue weighted by atomic mass is 9.96. The first-order valence-electron chi connectivity index (χ1n) is 8.08. The highest BCUT2D eigenvalue weighted by atomic mass is 79.9. The summed E-state index contributed by atoms with van der Waals surface area (Å²) in [5.41, 5.74) is 1.66. The Morgan fingerprint density at radius 1 is 1.27 bits per heavy atom. The molecular weight excluding hydrogens is 422 g/mol. The van der Waals surface area contributed by atoms with Gasteiger partial charge in [0.1, 0.15) is 16.7 Å². The van der Waals surface area contributed by atoms with E-state index in [1.807, 2.05) is 24.3 Å². The van der Waals surface area contributed by atoms with E-state index in [-0.39, 0.29) is 23.6 Å². The minimum atomic E-state index is -4.08. The van der Waals surface area contributed by atoms with E-state index < -0.39 is 22.0 Å². The van der Waals surface area contributed by atoms with Crippen molar-refractivity contribution >= 4 is 31.9 Å². The normalized spacial score (nSPS) is 17.5. The van der Waals surface area contributed by atoms with Crippen LogP contribution in [0.5, 0.6) is 5.75 Å². The third kappa shape index (κ3) is 3.49. The van der Waals surface area contributed by atoms with Crippen LogP contribution in [-0.4, -0.2) is 36.4 Å². The average Bonchev–Trinajstić information content (AvgIpc) is 2.62. The standard InChI is InChI=1S/C18H18BrNO5S/c1-2-25-16-8-7-14(19)10-17(16)26(23,24)20-11-13-6-4-3-5-12(13)9-15(20)18(21)22/h3-8,10,15H,2,9,11H2,1H3,(H,21,22)/t15-/m0/s1. The third-order valence-electron chi connectivity index (χ3n) is 4.28. The molecule has 0 aliphatic carbocycles. The lowest BCUT2D eigenvalue weighted by Crippen LogP contribution is -2.48. The van der Waals surface area contributed by atoms with Gasteiger partial charge in [-0.15, -0.1) is 0 Å². The van der Waals surface area contributed by atoms with Crippen molar-refractivity contribution in [2.75, 3.05) is 6.61 Å². The molecule has 0 amide bonds. The summed E-state index contributed by atoms with van der Waals surface area (Å²) in [6.07, 6.45) is 0.128. The summed E-state index contributed by atoms with van der Waals surface area (Å²) in [6.45, 7) is 2.07. The van der Waals surface area contributed by atoms with Crippen LogP contribution in [0.25, 0.3) is 0 Å². The van der Waals surface area contributed by atoms with Crippen molar-refractivity contribution in [2.45, 2.75) is 30.8 Å². The molecule has 2 aromatic carbocycles. The number of sulfonamides is 1. The van der Waals surface area contributed by atoms with Gasteiger partial charge in [0.05, 0.1) is 6.61 Å². The molecule has 6 nitrogen and oxygen atoms in total. The maximum atomic E-state index is 13.3. The van der Waals surface area contributed by atoms with Crippen molar-refractivity contribution in [3.63, 3.8) is 0 Å². The molecule has 2 aromatic rings. The zero-order chi connectivity index (χ0) is 18.9. The molecule has 26 heavy (non-hydrogen) atoms. The smallest absolute Gasteiger partial charge is 0.322 e. The summed E-state index contributed by atoms with van der Waals surface area (Å²) in [6, 6.07) is 10.8. The zero-order valence-corrected chi connectivity index (χ0v) is 16.5. The average molecular weight is 440 g/mol. The first kappa shape index (κ1) is 18.9. The maximum Gasteiger partial charge on any atom is 0.322 e. The number of rotatable bonds is 5. The maximum absolute atomic E-state index is 13.3. The largest absolute Gasteiger partial charge is 0.492 e. The summed E-state index contributed by atoms with van der Waals surface area (Å²) < 4.78 is 33.7. The van der Waals surface area contributed by atoms with E-state index >= 15 is 0 Å². The van der Waals surface area contributed by atoms with Gasteiger partial charge in [-0.3, -0.25) is 4.79 Å². The second-order valence-electron chi connectivity index (χ2n) is 5.90. The lowest BCUT2D eigenvalue weighted by molar-refractivity contribution is -0.141. The van der Waals surface area contributed by atoms with Crippen molar-refractivity contribution in [1.82, 2.24) is 4.31 Å². The molecule has 138 valence electrons. The van der Waals surface area contributed by atoms with E-state index in [0.29, 0.717) is 11.1 Å². The Morgan fingerprint density at radius 2 is 1.96 bits per heavy atom. The summed E-state index contributed by atoms with van der Waals surface area (Å²) in [4.78, 5) is 11.7. The Bertz CT molecular complexity index is 944. The van der Waals surface area contributed by atoms with Crippen molar-refractivity contribution < 1.29 is 23.1 Å². The highest BCUT2D eigenvalue weighted by Crippen LogP contribution is 2.34. The van der Waals surface area contributed by atoms with Gasteiger partial charge >= 0.3 is 5.97 Å². The van der Waals surface area contributed by atoms with E-state index in [0.717, 1.165) is 15.4 Å². The van der Waals surface area contributed by atoms with Crippen LogP contribution in [0.2, 0.25) is 0 Å². The topological polar surface area (TPSA) is 83.9 Å². The molecule has 3 rings (SSSR count). The van der Waals surface area contributed by atoms with Crippen LogP contribution in [0.3, 0.4) is 0 Å². The van der Waals surface area contributed by atoms with E-state index in [1.165, 1.54) is 6.07 Å². The molecule has 1 aliphatic heterocycles. The number of fused-ring (bicyclic) bond motifs is 1. The number of hydrogen-bond acceptors (Lipinski definition) is 4. The number of aliphatic carboxylic acids is 1. The van der Waals surface area contributed by atoms with E-state index in [2.05, 4.69) is 15.9 Å². The van der Waals surface area contributed by atoms with E-state index in [9.17, 15) is 18.3 Å². The molecule has 1 atom stereocenters. The fraction of sp³-hybridized carbons (Fsp3) is 0.278. The molecule has 0 radical (unpaired) electrons. The Kier molecular flexibility index (Phi) is 5.36. The van der Waals surface area contributed by atoms with Gasteiger partial charge < -0.3 is 9.84 Å². The number of ether oxygens (including phenoxy) is 1. The molecule has 0 fully saturated rings. The van der Waals surface area contributed by atoms with E-state index in [1.54, 1.807) is 19.1 Å². The molecule has 1 N–H and O–H groups in total. The summed E-state index contributed by atoms with van der Waals surface area (Å²) in [5, 5.41) is 9.63. The fourth-order valence-corrected chi connectivity index (χ4v) is 5.28. The second kappa shape index (κ2) is 7.38. The van der Waals surface area contributed by atoms with Gasteiger partial charge in [-0.05, 0) is 36.2 Å². The van der Waals surface area contributed by atoms with Gasteiger partial charge in [-0.2, -0.15) is 4.31 Å². The van der Waals surface area contributed by atoms with Crippen LogP contribution < -0.4 is 4.74 Å². The number of carboxylic acids is 1. The zero-order valence-electron chi connectivity index (χ0n) is 14.1. The van der Waals surface area contributed by atoms with Gasteiger partial charge in [0.2, 0.25) is 10.0 Å². The summed E-state index contributed by atoms with van der Waals surface area (Å²) in [5.74, 6) is -0.963. The molecule has 0 spiro atoms. The van der Waals surface area contributed by atoms with Gasteiger partial charge in [-0.25, -0.2) is 8.42 Å². The van der Waals surface area contributed by atoms with Crippen LogP contribution in [0, 0.1) is 0 Å². The predicted octanol–water partition coefficient (Wildman–Crippen LogP) is 3.05. The molecule has 0 unspecified atom stereocenters. The quantitative estimate of drug-likeness (QED) is 0.773. The molecule has 0 saturated heterocycles. The lowest BCUT2D eigenvalue weighted by Gasteiger charge is -2.33. The Morgan fingerprint density at radius 3 is 2.62 bits per heavy atom. The molecule has 1 heterocycles. The predicted molar refractivity (Wildman–Crippen MR) is 99.6 cm³/mol. The van der Waals surface area contributed by atoms with Crippen LogP contribution in [0.15, 0.2) is 51.8 Å². The van der Waals surface area contributed by atoms with Crippen molar-refractivity contribution in [3.8, 4) is 5.75 Å². The van der Waals surface area contributed by atoms with E-state index in [4.69, 9.17) is 4.74 Å². The number of nitrogens with zero attached hydrogens (tertiary/aromatic N) is 1. The minimum Gasteiger partial charge on any atom is -0.492 e. The number of hydrogen-bond donors (Lipinski definition) is 1. The Labute approximate surface area is 160 Å². The minimum absolute atomic E-state index is 0.00749. The van der Waals surface area contributed by atoms with Gasteiger partial charge in [-0.1, -0.05) is 40.2 Å².